The van der Waals surface area contributed by atoms with Crippen LogP contribution in [0.15, 0.2) is 29.3 Å². The molecule has 6 heteroatoms. The molecule has 1 aromatic carbocycles. The highest BCUT2D eigenvalue weighted by atomic mass is 32.2. The number of aryl methyl sites for hydroxylation is 1. The topological polar surface area (TPSA) is 70.6 Å². The van der Waals surface area contributed by atoms with Crippen LogP contribution in [-0.4, -0.2) is 45.0 Å². The highest BCUT2D eigenvalue weighted by Crippen LogP contribution is 2.17. The molecule has 2 unspecified atom stereocenters. The van der Waals surface area contributed by atoms with Gasteiger partial charge in [-0.2, -0.15) is 0 Å². The Kier molecular flexibility index (Phi) is 6.04. The summed E-state index contributed by atoms with van der Waals surface area (Å²) in [6, 6.07) is 8.43. The molecule has 2 N–H and O–H groups in total. The average molecular weight is 337 g/mol. The SMILES string of the molecule is CCNC(=NCC(C)c1cccc(C)c1)NC1CCS(=O)(=O)C1. The molecule has 0 bridgehead atoms. The van der Waals surface area contributed by atoms with Crippen LogP contribution >= 0.6 is 0 Å². The van der Waals surface area contributed by atoms with Gasteiger partial charge >= 0.3 is 0 Å². The first-order valence-electron chi connectivity index (χ1n) is 8.21. The van der Waals surface area contributed by atoms with Crippen molar-refractivity contribution in [2.75, 3.05) is 24.6 Å². The van der Waals surface area contributed by atoms with Gasteiger partial charge in [-0.25, -0.2) is 8.42 Å². The van der Waals surface area contributed by atoms with Crippen molar-refractivity contribution in [2.24, 2.45) is 4.99 Å². The lowest BCUT2D eigenvalue weighted by atomic mass is 10.00. The fraction of sp³-hybridized carbons (Fsp3) is 0.588. The smallest absolute Gasteiger partial charge is 0.191 e. The van der Waals surface area contributed by atoms with Crippen LogP contribution in [0.4, 0.5) is 0 Å². The minimum Gasteiger partial charge on any atom is -0.357 e. The largest absolute Gasteiger partial charge is 0.357 e. The average Bonchev–Trinajstić information content (AvgIpc) is 2.83. The van der Waals surface area contributed by atoms with Gasteiger partial charge in [-0.05, 0) is 25.8 Å². The Morgan fingerprint density at radius 1 is 1.43 bits per heavy atom. The van der Waals surface area contributed by atoms with Gasteiger partial charge in [0, 0.05) is 25.0 Å². The molecule has 0 radical (unpaired) electrons. The quantitative estimate of drug-likeness (QED) is 0.635. The molecule has 0 aliphatic carbocycles. The Morgan fingerprint density at radius 3 is 2.83 bits per heavy atom. The maximum Gasteiger partial charge on any atom is 0.191 e. The third-order valence-corrected chi connectivity index (χ3v) is 5.82. The van der Waals surface area contributed by atoms with E-state index in [2.05, 4.69) is 53.7 Å². The van der Waals surface area contributed by atoms with Crippen LogP contribution in [0, 0.1) is 6.92 Å². The lowest BCUT2D eigenvalue weighted by Gasteiger charge is -2.17. The number of sulfone groups is 1. The van der Waals surface area contributed by atoms with Gasteiger partial charge in [0.1, 0.15) is 0 Å². The predicted molar refractivity (Wildman–Crippen MR) is 95.8 cm³/mol. The summed E-state index contributed by atoms with van der Waals surface area (Å²) in [5.41, 5.74) is 2.52. The number of aliphatic imine (C=N–C) groups is 1. The summed E-state index contributed by atoms with van der Waals surface area (Å²) in [4.78, 5) is 4.63. The molecule has 0 amide bonds. The first-order valence-corrected chi connectivity index (χ1v) is 10.0. The van der Waals surface area contributed by atoms with Crippen molar-refractivity contribution in [3.8, 4) is 0 Å². The van der Waals surface area contributed by atoms with E-state index in [1.165, 1.54) is 11.1 Å². The number of nitrogens with one attached hydrogen (secondary N) is 2. The molecule has 0 saturated carbocycles. The van der Waals surface area contributed by atoms with Gasteiger partial charge in [0.2, 0.25) is 0 Å². The second-order valence-corrected chi connectivity index (χ2v) is 8.51. The normalized spacial score (nSPS) is 21.9. The fourth-order valence-corrected chi connectivity index (χ4v) is 4.41. The maximum atomic E-state index is 11.6. The Bertz CT molecular complexity index is 656. The van der Waals surface area contributed by atoms with E-state index in [4.69, 9.17) is 0 Å². The fourth-order valence-electron chi connectivity index (χ4n) is 2.73. The number of guanidine groups is 1. The Balaban J connectivity index is 1.98. The highest BCUT2D eigenvalue weighted by molar-refractivity contribution is 7.91. The van der Waals surface area contributed by atoms with Gasteiger partial charge in [-0.15, -0.1) is 0 Å². The third-order valence-electron chi connectivity index (χ3n) is 4.05. The van der Waals surface area contributed by atoms with Crippen molar-refractivity contribution in [1.29, 1.82) is 0 Å². The summed E-state index contributed by atoms with van der Waals surface area (Å²) in [5.74, 6) is 1.49. The van der Waals surface area contributed by atoms with Gasteiger partial charge in [0.15, 0.2) is 15.8 Å². The van der Waals surface area contributed by atoms with Crippen LogP contribution in [-0.2, 0) is 9.84 Å². The van der Waals surface area contributed by atoms with Crippen LogP contribution < -0.4 is 10.6 Å². The van der Waals surface area contributed by atoms with E-state index in [1.807, 2.05) is 6.92 Å². The van der Waals surface area contributed by atoms with Crippen LogP contribution in [0.3, 0.4) is 0 Å². The molecule has 0 aromatic heterocycles. The molecular weight excluding hydrogens is 310 g/mol. The molecule has 23 heavy (non-hydrogen) atoms. The Labute approximate surface area is 139 Å². The molecule has 1 heterocycles. The number of hydrogen-bond donors (Lipinski definition) is 2. The van der Waals surface area contributed by atoms with Crippen molar-refractivity contribution in [3.63, 3.8) is 0 Å². The molecule has 0 spiro atoms. The summed E-state index contributed by atoms with van der Waals surface area (Å²) in [5, 5.41) is 6.45. The van der Waals surface area contributed by atoms with Gasteiger partial charge in [0.25, 0.3) is 0 Å². The summed E-state index contributed by atoms with van der Waals surface area (Å²) in [6.07, 6.45) is 0.653. The molecule has 1 aliphatic rings. The van der Waals surface area contributed by atoms with E-state index in [0.29, 0.717) is 24.8 Å². The molecule has 5 nitrogen and oxygen atoms in total. The number of nitrogens with zero attached hydrogens (tertiary/aromatic N) is 1. The first-order chi connectivity index (χ1) is 10.9. The van der Waals surface area contributed by atoms with E-state index < -0.39 is 9.84 Å². The summed E-state index contributed by atoms with van der Waals surface area (Å²) in [7, 11) is -2.88. The molecule has 1 aromatic rings. The van der Waals surface area contributed by atoms with E-state index >= 15 is 0 Å². The van der Waals surface area contributed by atoms with E-state index in [9.17, 15) is 8.42 Å². The van der Waals surface area contributed by atoms with Gasteiger partial charge in [0.05, 0.1) is 11.5 Å². The van der Waals surface area contributed by atoms with Crippen molar-refractivity contribution in [2.45, 2.75) is 39.2 Å². The molecule has 1 saturated heterocycles. The van der Waals surface area contributed by atoms with Gasteiger partial charge in [-0.1, -0.05) is 36.8 Å². The van der Waals surface area contributed by atoms with Crippen LogP contribution in [0.25, 0.3) is 0 Å². The third kappa shape index (κ3) is 5.53. The van der Waals surface area contributed by atoms with Crippen molar-refractivity contribution in [1.82, 2.24) is 10.6 Å². The van der Waals surface area contributed by atoms with Crippen LogP contribution in [0.2, 0.25) is 0 Å². The number of rotatable bonds is 5. The van der Waals surface area contributed by atoms with Gasteiger partial charge in [-0.3, -0.25) is 4.99 Å². The zero-order valence-corrected chi connectivity index (χ0v) is 15.0. The summed E-state index contributed by atoms with van der Waals surface area (Å²) >= 11 is 0. The Morgan fingerprint density at radius 2 is 2.22 bits per heavy atom. The monoisotopic (exact) mass is 337 g/mol. The standard InChI is InChI=1S/C17H27N3O2S/c1-4-18-17(20-16-8-9-23(21,22)12-16)19-11-14(3)15-7-5-6-13(2)10-15/h5-7,10,14,16H,4,8-9,11-12H2,1-3H3,(H2,18,19,20). The molecule has 2 rings (SSSR count). The van der Waals surface area contributed by atoms with Crippen molar-refractivity contribution < 1.29 is 8.42 Å². The van der Waals surface area contributed by atoms with Crippen molar-refractivity contribution in [3.05, 3.63) is 35.4 Å². The zero-order valence-electron chi connectivity index (χ0n) is 14.2. The number of benzene rings is 1. The molecule has 2 atom stereocenters. The zero-order chi connectivity index (χ0) is 16.9. The summed E-state index contributed by atoms with van der Waals surface area (Å²) < 4.78 is 23.1. The maximum absolute atomic E-state index is 11.6. The Hall–Kier alpha value is -1.56. The highest BCUT2D eigenvalue weighted by Gasteiger charge is 2.28. The van der Waals surface area contributed by atoms with E-state index in [1.54, 1.807) is 0 Å². The van der Waals surface area contributed by atoms with E-state index in [-0.39, 0.29) is 17.5 Å². The lowest BCUT2D eigenvalue weighted by molar-refractivity contribution is 0.599. The second-order valence-electron chi connectivity index (χ2n) is 6.28. The first kappa shape index (κ1) is 17.8. The molecule has 128 valence electrons. The van der Waals surface area contributed by atoms with Crippen LogP contribution in [0.1, 0.15) is 37.3 Å². The predicted octanol–water partition coefficient (Wildman–Crippen LogP) is 1.84. The summed E-state index contributed by atoms with van der Waals surface area (Å²) in [6.45, 7) is 7.67. The van der Waals surface area contributed by atoms with E-state index in [0.717, 1.165) is 6.54 Å². The minimum atomic E-state index is -2.88. The van der Waals surface area contributed by atoms with Crippen LogP contribution in [0.5, 0.6) is 0 Å². The molecule has 1 aliphatic heterocycles. The molecule has 1 fully saturated rings. The molecular formula is C17H27N3O2S. The van der Waals surface area contributed by atoms with Gasteiger partial charge < -0.3 is 10.6 Å². The number of hydrogen-bond acceptors (Lipinski definition) is 3. The minimum absolute atomic E-state index is 0.0351. The second kappa shape index (κ2) is 7.81. The van der Waals surface area contributed by atoms with Crippen molar-refractivity contribution >= 4 is 15.8 Å². The lowest BCUT2D eigenvalue weighted by Crippen LogP contribution is -2.44.